The van der Waals surface area contributed by atoms with Crippen molar-refractivity contribution in [2.24, 2.45) is 0 Å². The fraction of sp³-hybridized carbons (Fsp3) is 0.471. The largest absolute Gasteiger partial charge is 0.487 e. The summed E-state index contributed by atoms with van der Waals surface area (Å²) < 4.78 is 7.57. The smallest absolute Gasteiger partial charge is 0.189 e. The topological polar surface area (TPSA) is 63.7 Å². The van der Waals surface area contributed by atoms with Gasteiger partial charge in [-0.25, -0.2) is 4.68 Å². The molecule has 5 nitrogen and oxygen atoms in total. The highest BCUT2D eigenvalue weighted by Crippen LogP contribution is 2.16. The first kappa shape index (κ1) is 16.0. The lowest BCUT2D eigenvalue weighted by Gasteiger charge is -2.09. The second-order valence-corrected chi connectivity index (χ2v) is 5.21. The van der Waals surface area contributed by atoms with Crippen molar-refractivity contribution in [1.82, 2.24) is 15.0 Å². The zero-order valence-corrected chi connectivity index (χ0v) is 13.2. The van der Waals surface area contributed by atoms with E-state index in [1.54, 1.807) is 4.68 Å². The maximum atomic E-state index is 9.15. The third-order valence-electron chi connectivity index (χ3n) is 3.62. The summed E-state index contributed by atoms with van der Waals surface area (Å²) in [7, 11) is 0. The van der Waals surface area contributed by atoms with Crippen molar-refractivity contribution in [1.29, 1.82) is 5.26 Å². The SMILES string of the molecule is CCCCCn1nnc(C#N)c1COc1ccc(CC)cc1. The molecule has 0 unspecified atom stereocenters. The summed E-state index contributed by atoms with van der Waals surface area (Å²) in [5.41, 5.74) is 2.37. The van der Waals surface area contributed by atoms with Crippen LogP contribution >= 0.6 is 0 Å². The van der Waals surface area contributed by atoms with E-state index in [2.05, 4.69) is 42.4 Å². The van der Waals surface area contributed by atoms with Gasteiger partial charge in [0, 0.05) is 6.54 Å². The van der Waals surface area contributed by atoms with E-state index in [0.29, 0.717) is 12.3 Å². The van der Waals surface area contributed by atoms with Crippen LogP contribution in [0.5, 0.6) is 5.75 Å². The minimum absolute atomic E-state index is 0.313. The van der Waals surface area contributed by atoms with E-state index in [0.717, 1.165) is 43.7 Å². The third kappa shape index (κ3) is 4.08. The second-order valence-electron chi connectivity index (χ2n) is 5.21. The number of benzene rings is 1. The van der Waals surface area contributed by atoms with Crippen molar-refractivity contribution in [3.8, 4) is 11.8 Å². The summed E-state index contributed by atoms with van der Waals surface area (Å²) in [6.45, 7) is 5.37. The van der Waals surface area contributed by atoms with Crippen LogP contribution in [-0.2, 0) is 19.6 Å². The van der Waals surface area contributed by atoms with Crippen LogP contribution in [0.4, 0.5) is 0 Å². The van der Waals surface area contributed by atoms with Gasteiger partial charge in [-0.1, -0.05) is 44.0 Å². The molecule has 2 aromatic rings. The number of aromatic nitrogens is 3. The number of nitriles is 1. The van der Waals surface area contributed by atoms with Gasteiger partial charge in [-0.15, -0.1) is 5.10 Å². The summed E-state index contributed by atoms with van der Waals surface area (Å²) in [5, 5.41) is 17.1. The Hall–Kier alpha value is -2.35. The van der Waals surface area contributed by atoms with Crippen LogP contribution in [0.25, 0.3) is 0 Å². The molecule has 1 aromatic heterocycles. The zero-order chi connectivity index (χ0) is 15.8. The molecule has 0 spiro atoms. The molecular weight excluding hydrogens is 276 g/mol. The Balaban J connectivity index is 2.03. The lowest BCUT2D eigenvalue weighted by molar-refractivity contribution is 0.290. The summed E-state index contributed by atoms with van der Waals surface area (Å²) >= 11 is 0. The number of rotatable bonds is 8. The molecule has 0 bridgehead atoms. The van der Waals surface area contributed by atoms with Crippen molar-refractivity contribution in [3.05, 3.63) is 41.2 Å². The van der Waals surface area contributed by atoms with Gasteiger partial charge >= 0.3 is 0 Å². The molecule has 1 aromatic carbocycles. The van der Waals surface area contributed by atoms with Crippen LogP contribution in [0.1, 0.15) is 50.1 Å². The number of aryl methyl sites for hydroxylation is 2. The van der Waals surface area contributed by atoms with E-state index in [9.17, 15) is 0 Å². The van der Waals surface area contributed by atoms with Crippen molar-refractivity contribution in [2.75, 3.05) is 0 Å². The van der Waals surface area contributed by atoms with Gasteiger partial charge in [-0.2, -0.15) is 5.26 Å². The van der Waals surface area contributed by atoms with Crippen molar-refractivity contribution in [2.45, 2.75) is 52.7 Å². The molecule has 0 fully saturated rings. The Bertz CT molecular complexity index is 625. The molecular formula is C17H22N4O. The Morgan fingerprint density at radius 2 is 1.95 bits per heavy atom. The van der Waals surface area contributed by atoms with Crippen LogP contribution in [0.3, 0.4) is 0 Å². The molecule has 0 saturated carbocycles. The van der Waals surface area contributed by atoms with Gasteiger partial charge in [-0.05, 0) is 30.5 Å². The molecule has 0 N–H and O–H groups in total. The molecule has 0 radical (unpaired) electrons. The van der Waals surface area contributed by atoms with Crippen molar-refractivity contribution in [3.63, 3.8) is 0 Å². The highest BCUT2D eigenvalue weighted by Gasteiger charge is 2.13. The fourth-order valence-corrected chi connectivity index (χ4v) is 2.23. The highest BCUT2D eigenvalue weighted by atomic mass is 16.5. The van der Waals surface area contributed by atoms with E-state index in [4.69, 9.17) is 10.00 Å². The Kier molecular flexibility index (Phi) is 5.96. The molecule has 0 amide bonds. The summed E-state index contributed by atoms with van der Waals surface area (Å²) in [6, 6.07) is 10.1. The predicted molar refractivity (Wildman–Crippen MR) is 84.4 cm³/mol. The normalized spacial score (nSPS) is 10.4. The maximum Gasteiger partial charge on any atom is 0.189 e. The lowest BCUT2D eigenvalue weighted by Crippen LogP contribution is -2.09. The summed E-state index contributed by atoms with van der Waals surface area (Å²) in [4.78, 5) is 0. The fourth-order valence-electron chi connectivity index (χ4n) is 2.23. The zero-order valence-electron chi connectivity index (χ0n) is 13.2. The average Bonchev–Trinajstić information content (AvgIpc) is 2.95. The number of hydrogen-bond acceptors (Lipinski definition) is 4. The standard InChI is InChI=1S/C17H22N4O/c1-3-5-6-11-21-17(16(12-18)19-20-21)13-22-15-9-7-14(4-2)8-10-15/h7-10H,3-6,11,13H2,1-2H3. The minimum atomic E-state index is 0.313. The summed E-state index contributed by atoms with van der Waals surface area (Å²) in [5.74, 6) is 0.794. The number of ether oxygens (including phenoxy) is 1. The van der Waals surface area contributed by atoms with Gasteiger partial charge < -0.3 is 4.74 Å². The third-order valence-corrected chi connectivity index (χ3v) is 3.62. The predicted octanol–water partition coefficient (Wildman–Crippen LogP) is 3.48. The second kappa shape index (κ2) is 8.18. The van der Waals surface area contributed by atoms with Crippen LogP contribution in [0.2, 0.25) is 0 Å². The van der Waals surface area contributed by atoms with Gasteiger partial charge in [0.15, 0.2) is 5.69 Å². The van der Waals surface area contributed by atoms with E-state index in [1.165, 1.54) is 5.56 Å². The molecule has 116 valence electrons. The highest BCUT2D eigenvalue weighted by molar-refractivity contribution is 5.28. The number of nitrogens with zero attached hydrogens (tertiary/aromatic N) is 4. The Morgan fingerprint density at radius 1 is 1.18 bits per heavy atom. The van der Waals surface area contributed by atoms with Gasteiger partial charge in [0.25, 0.3) is 0 Å². The maximum absolute atomic E-state index is 9.15. The van der Waals surface area contributed by atoms with E-state index in [1.807, 2.05) is 12.1 Å². The van der Waals surface area contributed by atoms with E-state index >= 15 is 0 Å². The summed E-state index contributed by atoms with van der Waals surface area (Å²) in [6.07, 6.45) is 4.33. The molecule has 0 saturated heterocycles. The monoisotopic (exact) mass is 298 g/mol. The van der Waals surface area contributed by atoms with E-state index < -0.39 is 0 Å². The molecule has 0 aliphatic rings. The average molecular weight is 298 g/mol. The van der Waals surface area contributed by atoms with E-state index in [-0.39, 0.29) is 0 Å². The molecule has 2 rings (SSSR count). The molecule has 0 aliphatic carbocycles. The lowest BCUT2D eigenvalue weighted by atomic mass is 10.2. The molecule has 1 heterocycles. The minimum Gasteiger partial charge on any atom is -0.487 e. The van der Waals surface area contributed by atoms with Crippen LogP contribution in [0.15, 0.2) is 24.3 Å². The number of unbranched alkanes of at least 4 members (excludes halogenated alkanes) is 2. The first-order valence-electron chi connectivity index (χ1n) is 7.82. The quantitative estimate of drug-likeness (QED) is 0.700. The van der Waals surface area contributed by atoms with Crippen LogP contribution < -0.4 is 4.74 Å². The van der Waals surface area contributed by atoms with Crippen molar-refractivity contribution >= 4 is 0 Å². The first-order valence-corrected chi connectivity index (χ1v) is 7.82. The van der Waals surface area contributed by atoms with Gasteiger partial charge in [0.1, 0.15) is 24.1 Å². The van der Waals surface area contributed by atoms with Crippen LogP contribution in [0, 0.1) is 11.3 Å². The molecule has 22 heavy (non-hydrogen) atoms. The van der Waals surface area contributed by atoms with Crippen molar-refractivity contribution < 1.29 is 4.74 Å². The molecule has 5 heteroatoms. The van der Waals surface area contributed by atoms with Gasteiger partial charge in [0.2, 0.25) is 0 Å². The Morgan fingerprint density at radius 3 is 2.59 bits per heavy atom. The molecule has 0 atom stereocenters. The van der Waals surface area contributed by atoms with Gasteiger partial charge in [-0.3, -0.25) is 0 Å². The Labute approximate surface area is 131 Å². The van der Waals surface area contributed by atoms with Gasteiger partial charge in [0.05, 0.1) is 0 Å². The first-order chi connectivity index (χ1) is 10.8. The molecule has 0 aliphatic heterocycles. The number of hydrogen-bond donors (Lipinski definition) is 0. The van der Waals surface area contributed by atoms with Crippen LogP contribution in [-0.4, -0.2) is 15.0 Å².